The maximum Gasteiger partial charge on any atom is 0.119 e. The maximum atomic E-state index is 6.70. The Balaban J connectivity index is 1.32. The first-order chi connectivity index (χ1) is 12.7. The molecule has 5 heteroatoms. The van der Waals surface area contributed by atoms with E-state index in [1.165, 1.54) is 24.8 Å². The number of rotatable bonds is 5. The van der Waals surface area contributed by atoms with Crippen LogP contribution in [0.3, 0.4) is 0 Å². The Hall–Kier alpha value is -1.14. The van der Waals surface area contributed by atoms with Gasteiger partial charge in [0.1, 0.15) is 5.75 Å². The molecule has 2 atom stereocenters. The van der Waals surface area contributed by atoms with Crippen molar-refractivity contribution in [2.75, 3.05) is 53.0 Å². The molecule has 0 N–H and O–H groups in total. The van der Waals surface area contributed by atoms with Crippen molar-refractivity contribution in [1.29, 1.82) is 0 Å². The third kappa shape index (κ3) is 4.39. The zero-order chi connectivity index (χ0) is 17.8. The Morgan fingerprint density at radius 3 is 2.88 bits per heavy atom. The summed E-state index contributed by atoms with van der Waals surface area (Å²) in [6.07, 6.45) is 5.26. The van der Waals surface area contributed by atoms with E-state index in [2.05, 4.69) is 28.0 Å². The molecule has 0 saturated carbocycles. The van der Waals surface area contributed by atoms with Crippen LogP contribution < -0.4 is 4.74 Å². The zero-order valence-electron chi connectivity index (χ0n) is 16.0. The predicted octanol–water partition coefficient (Wildman–Crippen LogP) is 2.54. The summed E-state index contributed by atoms with van der Waals surface area (Å²) in [6.45, 7) is 8.07. The summed E-state index contributed by atoms with van der Waals surface area (Å²) in [6, 6.07) is 8.43. The van der Waals surface area contributed by atoms with E-state index in [-0.39, 0.29) is 5.60 Å². The molecule has 144 valence electrons. The second-order valence-electron chi connectivity index (χ2n) is 8.04. The molecule has 3 heterocycles. The molecule has 0 radical (unpaired) electrons. The van der Waals surface area contributed by atoms with Crippen LogP contribution in [0.5, 0.6) is 5.75 Å². The summed E-state index contributed by atoms with van der Waals surface area (Å²) >= 11 is 0. The van der Waals surface area contributed by atoms with Crippen LogP contribution in [-0.2, 0) is 16.0 Å². The molecule has 0 bridgehead atoms. The van der Waals surface area contributed by atoms with E-state index >= 15 is 0 Å². The minimum atomic E-state index is 0.0775. The molecule has 0 unspecified atom stereocenters. The van der Waals surface area contributed by atoms with Gasteiger partial charge in [-0.25, -0.2) is 0 Å². The highest BCUT2D eigenvalue weighted by Gasteiger charge is 2.43. The van der Waals surface area contributed by atoms with E-state index in [1.54, 1.807) is 7.11 Å². The van der Waals surface area contributed by atoms with Gasteiger partial charge in [-0.3, -0.25) is 9.80 Å². The number of hydrogen-bond donors (Lipinski definition) is 0. The second-order valence-corrected chi connectivity index (χ2v) is 8.04. The van der Waals surface area contributed by atoms with Crippen molar-refractivity contribution in [2.45, 2.75) is 43.9 Å². The number of hydrogen-bond acceptors (Lipinski definition) is 5. The molecular weight excluding hydrogens is 328 g/mol. The second kappa shape index (κ2) is 8.26. The normalized spacial score (nSPS) is 30.7. The topological polar surface area (TPSA) is 34.2 Å². The Bertz CT molecular complexity index is 590. The van der Waals surface area contributed by atoms with Crippen LogP contribution in [0, 0.1) is 0 Å². The van der Waals surface area contributed by atoms with E-state index in [0.717, 1.165) is 64.7 Å². The van der Waals surface area contributed by atoms with E-state index in [9.17, 15) is 0 Å². The van der Waals surface area contributed by atoms with Crippen LogP contribution in [0.15, 0.2) is 24.3 Å². The van der Waals surface area contributed by atoms with Gasteiger partial charge in [-0.15, -0.1) is 0 Å². The third-order valence-electron chi connectivity index (χ3n) is 6.08. The first kappa shape index (κ1) is 18.2. The Kier molecular flexibility index (Phi) is 5.79. The Morgan fingerprint density at radius 1 is 1.15 bits per heavy atom. The van der Waals surface area contributed by atoms with Gasteiger partial charge in [0.15, 0.2) is 0 Å². The number of likely N-dealkylation sites (tertiary alicyclic amines) is 1. The van der Waals surface area contributed by atoms with Crippen LogP contribution in [0.25, 0.3) is 0 Å². The highest BCUT2D eigenvalue weighted by Crippen LogP contribution is 2.37. The van der Waals surface area contributed by atoms with Gasteiger partial charge in [0, 0.05) is 39.3 Å². The van der Waals surface area contributed by atoms with E-state index in [1.807, 2.05) is 6.07 Å². The average molecular weight is 360 g/mol. The van der Waals surface area contributed by atoms with Gasteiger partial charge in [-0.2, -0.15) is 0 Å². The fraction of sp³-hybridized carbons (Fsp3) is 0.714. The summed E-state index contributed by atoms with van der Waals surface area (Å²) in [5, 5.41) is 0. The fourth-order valence-corrected chi connectivity index (χ4v) is 4.72. The standard InChI is InChI=1S/C21H32N2O3/c1-24-19-5-2-4-18(14-19)15-23-9-8-21(17-23)7-3-6-20(26-21)16-22-10-12-25-13-11-22/h2,4-5,14,20H,3,6-13,15-17H2,1H3/t20-,21+/m0/s1. The minimum Gasteiger partial charge on any atom is -0.497 e. The zero-order valence-corrected chi connectivity index (χ0v) is 16.0. The Labute approximate surface area is 157 Å². The minimum absolute atomic E-state index is 0.0775. The molecule has 5 nitrogen and oxygen atoms in total. The smallest absolute Gasteiger partial charge is 0.119 e. The molecule has 3 aliphatic heterocycles. The molecule has 1 spiro atoms. The summed E-state index contributed by atoms with van der Waals surface area (Å²) in [5.74, 6) is 0.941. The van der Waals surface area contributed by atoms with Gasteiger partial charge >= 0.3 is 0 Å². The number of nitrogens with zero attached hydrogens (tertiary/aromatic N) is 2. The number of ether oxygens (including phenoxy) is 3. The lowest BCUT2D eigenvalue weighted by atomic mass is 9.90. The van der Waals surface area contributed by atoms with E-state index in [4.69, 9.17) is 14.2 Å². The predicted molar refractivity (Wildman–Crippen MR) is 102 cm³/mol. The molecule has 26 heavy (non-hydrogen) atoms. The van der Waals surface area contributed by atoms with Gasteiger partial charge in [-0.05, 0) is 43.4 Å². The van der Waals surface area contributed by atoms with Crippen molar-refractivity contribution >= 4 is 0 Å². The lowest BCUT2D eigenvalue weighted by molar-refractivity contribution is -0.132. The molecule has 4 rings (SSSR count). The molecular formula is C21H32N2O3. The van der Waals surface area contributed by atoms with E-state index in [0.29, 0.717) is 6.10 Å². The molecule has 3 fully saturated rings. The molecule has 0 amide bonds. The largest absolute Gasteiger partial charge is 0.497 e. The van der Waals surface area contributed by atoms with Crippen LogP contribution >= 0.6 is 0 Å². The summed E-state index contributed by atoms with van der Waals surface area (Å²) in [7, 11) is 1.73. The van der Waals surface area contributed by atoms with Crippen LogP contribution in [0.4, 0.5) is 0 Å². The molecule has 0 aliphatic carbocycles. The van der Waals surface area contributed by atoms with Crippen molar-refractivity contribution in [3.05, 3.63) is 29.8 Å². The van der Waals surface area contributed by atoms with Gasteiger partial charge in [0.2, 0.25) is 0 Å². The number of morpholine rings is 1. The molecule has 3 aliphatic rings. The average Bonchev–Trinajstić information content (AvgIpc) is 3.04. The summed E-state index contributed by atoms with van der Waals surface area (Å²) in [5.41, 5.74) is 1.40. The van der Waals surface area contributed by atoms with Crippen molar-refractivity contribution in [2.24, 2.45) is 0 Å². The van der Waals surface area contributed by atoms with Gasteiger partial charge in [0.05, 0.1) is 32.0 Å². The first-order valence-electron chi connectivity index (χ1n) is 10.1. The monoisotopic (exact) mass is 360 g/mol. The summed E-state index contributed by atoms with van der Waals surface area (Å²) in [4.78, 5) is 5.06. The van der Waals surface area contributed by atoms with E-state index < -0.39 is 0 Å². The number of methoxy groups -OCH3 is 1. The molecule has 0 aromatic heterocycles. The highest BCUT2D eigenvalue weighted by molar-refractivity contribution is 5.28. The first-order valence-corrected chi connectivity index (χ1v) is 10.1. The van der Waals surface area contributed by atoms with Crippen molar-refractivity contribution in [3.63, 3.8) is 0 Å². The van der Waals surface area contributed by atoms with Crippen LogP contribution in [0.2, 0.25) is 0 Å². The van der Waals surface area contributed by atoms with Crippen molar-refractivity contribution < 1.29 is 14.2 Å². The SMILES string of the molecule is COc1cccc(CN2CC[C@]3(CCC[C@@H](CN4CCOCC4)O3)C2)c1. The molecule has 3 saturated heterocycles. The van der Waals surface area contributed by atoms with Gasteiger partial charge in [0.25, 0.3) is 0 Å². The van der Waals surface area contributed by atoms with Crippen molar-refractivity contribution in [3.8, 4) is 5.75 Å². The lowest BCUT2D eigenvalue weighted by Gasteiger charge is -2.41. The van der Waals surface area contributed by atoms with Crippen LogP contribution in [-0.4, -0.2) is 74.6 Å². The highest BCUT2D eigenvalue weighted by atomic mass is 16.5. The van der Waals surface area contributed by atoms with Crippen LogP contribution in [0.1, 0.15) is 31.2 Å². The molecule has 1 aromatic rings. The Morgan fingerprint density at radius 2 is 2.04 bits per heavy atom. The number of benzene rings is 1. The van der Waals surface area contributed by atoms with Gasteiger partial charge in [-0.1, -0.05) is 12.1 Å². The third-order valence-corrected chi connectivity index (χ3v) is 6.08. The fourth-order valence-electron chi connectivity index (χ4n) is 4.72. The lowest BCUT2D eigenvalue weighted by Crippen LogP contribution is -2.48. The maximum absolute atomic E-state index is 6.70. The van der Waals surface area contributed by atoms with Crippen molar-refractivity contribution in [1.82, 2.24) is 9.80 Å². The van der Waals surface area contributed by atoms with Gasteiger partial charge < -0.3 is 14.2 Å². The summed E-state index contributed by atoms with van der Waals surface area (Å²) < 4.78 is 17.5. The molecule has 1 aromatic carbocycles. The quantitative estimate of drug-likeness (QED) is 0.806.